The van der Waals surface area contributed by atoms with Crippen LogP contribution in [-0.4, -0.2) is 37.2 Å². The molecule has 0 aromatic rings. The highest BCUT2D eigenvalue weighted by Crippen LogP contribution is 2.19. The number of carbonyl (C=O) groups excluding carboxylic acids is 3. The van der Waals surface area contributed by atoms with Gasteiger partial charge in [-0.2, -0.15) is 0 Å². The van der Waals surface area contributed by atoms with Gasteiger partial charge in [-0.15, -0.1) is 0 Å². The van der Waals surface area contributed by atoms with Crippen molar-refractivity contribution in [1.29, 1.82) is 0 Å². The summed E-state index contributed by atoms with van der Waals surface area (Å²) in [4.78, 5) is 38.5. The van der Waals surface area contributed by atoms with Crippen molar-refractivity contribution in [2.75, 3.05) is 13.2 Å². The molecule has 6 heteroatoms. The highest BCUT2D eigenvalue weighted by Gasteiger charge is 2.19. The fourth-order valence-corrected chi connectivity index (χ4v) is 11.2. The maximum atomic E-state index is 13.0. The van der Waals surface area contributed by atoms with Crippen molar-refractivity contribution in [3.05, 3.63) is 48.6 Å². The first-order chi connectivity index (χ1) is 41.0. The molecule has 1 atom stereocenters. The lowest BCUT2D eigenvalue weighted by molar-refractivity contribution is -0.167. The third-order valence-electron chi connectivity index (χ3n) is 16.8. The molecule has 0 saturated heterocycles. The number of unbranched alkanes of at least 4 members (excludes halogenated alkanes) is 50. The second-order valence-corrected chi connectivity index (χ2v) is 25.2. The van der Waals surface area contributed by atoms with Crippen molar-refractivity contribution in [1.82, 2.24) is 0 Å². The second-order valence-electron chi connectivity index (χ2n) is 25.2. The average Bonchev–Trinajstić information content (AvgIpc) is 3.50. The van der Waals surface area contributed by atoms with Crippen LogP contribution < -0.4 is 0 Å². The van der Waals surface area contributed by atoms with Gasteiger partial charge in [-0.25, -0.2) is 0 Å². The summed E-state index contributed by atoms with van der Waals surface area (Å²) in [5.74, 6) is -0.863. The van der Waals surface area contributed by atoms with Crippen molar-refractivity contribution >= 4 is 17.9 Å². The Morgan fingerprint density at radius 1 is 0.241 bits per heavy atom. The van der Waals surface area contributed by atoms with E-state index < -0.39 is 6.10 Å². The minimum atomic E-state index is -0.780. The van der Waals surface area contributed by atoms with Gasteiger partial charge in [0.25, 0.3) is 0 Å². The van der Waals surface area contributed by atoms with Gasteiger partial charge in [0, 0.05) is 19.3 Å². The molecule has 0 aliphatic heterocycles. The fraction of sp³-hybridized carbons (Fsp3) is 0.857. The summed E-state index contributed by atoms with van der Waals surface area (Å²) in [5.41, 5.74) is 0. The molecule has 0 aliphatic carbocycles. The summed E-state index contributed by atoms with van der Waals surface area (Å²) in [5, 5.41) is 0. The van der Waals surface area contributed by atoms with E-state index in [-0.39, 0.29) is 31.1 Å². The molecule has 0 bridgehead atoms. The van der Waals surface area contributed by atoms with Crippen LogP contribution in [0.1, 0.15) is 406 Å². The average molecular weight is 1160 g/mol. The minimum Gasteiger partial charge on any atom is -0.462 e. The number of carbonyl (C=O) groups is 3. The molecule has 0 N–H and O–H groups in total. The molecule has 83 heavy (non-hydrogen) atoms. The van der Waals surface area contributed by atoms with E-state index in [4.69, 9.17) is 14.2 Å². The Labute approximate surface area is 518 Å². The molecule has 0 aromatic heterocycles. The van der Waals surface area contributed by atoms with Gasteiger partial charge in [-0.05, 0) is 77.0 Å². The number of allylic oxidation sites excluding steroid dienone is 8. The van der Waals surface area contributed by atoms with Crippen LogP contribution in [0, 0.1) is 0 Å². The SMILES string of the molecule is CCCC/C=C\C/C=C\CCCCCCCC(=O)OCC(COC(=O)CCCCCCCCCCCCCCCCCCCCCCCCCCCCCC)OC(=O)CCCCCCCCCCCCC/C=C\C/C=C\CCCCCCC. The maximum Gasteiger partial charge on any atom is 0.306 e. The van der Waals surface area contributed by atoms with Crippen LogP contribution in [0.15, 0.2) is 48.6 Å². The number of ether oxygens (including phenoxy) is 3. The van der Waals surface area contributed by atoms with Gasteiger partial charge >= 0.3 is 17.9 Å². The topological polar surface area (TPSA) is 78.9 Å². The third kappa shape index (κ3) is 70.0. The Morgan fingerprint density at radius 2 is 0.446 bits per heavy atom. The zero-order valence-corrected chi connectivity index (χ0v) is 56.0. The van der Waals surface area contributed by atoms with Crippen molar-refractivity contribution in [3.63, 3.8) is 0 Å². The molecule has 0 rings (SSSR count). The number of rotatable bonds is 69. The molecule has 486 valence electrons. The Morgan fingerprint density at radius 3 is 0.699 bits per heavy atom. The van der Waals surface area contributed by atoms with Crippen LogP contribution in [0.2, 0.25) is 0 Å². The zero-order valence-electron chi connectivity index (χ0n) is 56.0. The van der Waals surface area contributed by atoms with Crippen LogP contribution in [-0.2, 0) is 28.6 Å². The quantitative estimate of drug-likeness (QED) is 0.0261. The van der Waals surface area contributed by atoms with Crippen LogP contribution in [0.3, 0.4) is 0 Å². The predicted octanol–water partition coefficient (Wildman–Crippen LogP) is 25.7. The summed E-state index contributed by atoms with van der Waals surface area (Å²) in [6, 6.07) is 0. The highest BCUT2D eigenvalue weighted by atomic mass is 16.6. The van der Waals surface area contributed by atoms with E-state index in [1.807, 2.05) is 0 Å². The normalized spacial score (nSPS) is 12.3. The van der Waals surface area contributed by atoms with Gasteiger partial charge in [0.05, 0.1) is 0 Å². The first-order valence-electron chi connectivity index (χ1n) is 37.1. The summed E-state index contributed by atoms with van der Waals surface area (Å²) in [7, 11) is 0. The summed E-state index contributed by atoms with van der Waals surface area (Å²) >= 11 is 0. The lowest BCUT2D eigenvalue weighted by Crippen LogP contribution is -2.30. The van der Waals surface area contributed by atoms with E-state index in [0.717, 1.165) is 83.5 Å². The van der Waals surface area contributed by atoms with E-state index >= 15 is 0 Å². The second kappa shape index (κ2) is 71.8. The maximum absolute atomic E-state index is 13.0. The van der Waals surface area contributed by atoms with E-state index in [2.05, 4.69) is 69.4 Å². The van der Waals surface area contributed by atoms with Crippen LogP contribution >= 0.6 is 0 Å². The molecular weight excluding hydrogens is 1020 g/mol. The smallest absolute Gasteiger partial charge is 0.306 e. The van der Waals surface area contributed by atoms with E-state index in [0.29, 0.717) is 19.3 Å². The van der Waals surface area contributed by atoms with Crippen LogP contribution in [0.5, 0.6) is 0 Å². The third-order valence-corrected chi connectivity index (χ3v) is 16.8. The lowest BCUT2D eigenvalue weighted by atomic mass is 10.0. The zero-order chi connectivity index (χ0) is 59.9. The van der Waals surface area contributed by atoms with Gasteiger partial charge < -0.3 is 14.2 Å². The monoisotopic (exact) mass is 1160 g/mol. The van der Waals surface area contributed by atoms with Crippen molar-refractivity contribution in [3.8, 4) is 0 Å². The Bertz CT molecular complexity index is 1430. The summed E-state index contributed by atoms with van der Waals surface area (Å²) < 4.78 is 17.0. The first-order valence-corrected chi connectivity index (χ1v) is 37.1. The molecule has 0 amide bonds. The first kappa shape index (κ1) is 80.4. The summed E-state index contributed by atoms with van der Waals surface area (Å²) in [6.45, 7) is 6.65. The van der Waals surface area contributed by atoms with Gasteiger partial charge in [-0.3, -0.25) is 14.4 Å². The van der Waals surface area contributed by atoms with E-state index in [9.17, 15) is 14.4 Å². The van der Waals surface area contributed by atoms with Gasteiger partial charge in [0.1, 0.15) is 13.2 Å². The van der Waals surface area contributed by atoms with Crippen LogP contribution in [0.25, 0.3) is 0 Å². The molecule has 0 spiro atoms. The standard InChI is InChI=1S/C77H142O6/c1-4-7-10-13-16-19-22-25-28-30-32-34-36-37-38-39-40-42-43-45-47-49-52-55-58-61-64-67-70-76(79)82-73-74(72-81-75(78)69-66-63-60-57-54-51-27-24-21-18-15-12-9-6-3)83-77(80)71-68-65-62-59-56-53-50-48-46-44-41-35-33-31-29-26-23-20-17-14-11-8-5-2/h15,18,23-24,26-27,31,33,74H,4-14,16-17,19-22,25,28-30,32,34-73H2,1-3H3/b18-15-,26-23-,27-24-,33-31-. The van der Waals surface area contributed by atoms with Crippen molar-refractivity contribution < 1.29 is 28.6 Å². The van der Waals surface area contributed by atoms with Gasteiger partial charge in [0.15, 0.2) is 6.10 Å². The molecule has 0 saturated carbocycles. The largest absolute Gasteiger partial charge is 0.462 e. The lowest BCUT2D eigenvalue weighted by Gasteiger charge is -2.18. The van der Waals surface area contributed by atoms with E-state index in [1.54, 1.807) is 0 Å². The number of hydrogen-bond acceptors (Lipinski definition) is 6. The fourth-order valence-electron chi connectivity index (χ4n) is 11.2. The van der Waals surface area contributed by atoms with Gasteiger partial charge in [-0.1, -0.05) is 358 Å². The molecule has 6 nitrogen and oxygen atoms in total. The minimum absolute atomic E-state index is 0.0742. The Balaban J connectivity index is 4.22. The Hall–Kier alpha value is -2.63. The van der Waals surface area contributed by atoms with Crippen LogP contribution in [0.4, 0.5) is 0 Å². The summed E-state index contributed by atoms with van der Waals surface area (Å²) in [6.07, 6.45) is 91.6. The molecule has 0 radical (unpaired) electrons. The van der Waals surface area contributed by atoms with Gasteiger partial charge in [0.2, 0.25) is 0 Å². The highest BCUT2D eigenvalue weighted by molar-refractivity contribution is 5.71. The molecule has 0 aromatic carbocycles. The number of esters is 3. The Kier molecular flexibility index (Phi) is 69.6. The molecule has 1 unspecified atom stereocenters. The predicted molar refractivity (Wildman–Crippen MR) is 362 cm³/mol. The van der Waals surface area contributed by atoms with E-state index in [1.165, 1.54) is 283 Å². The number of hydrogen-bond donors (Lipinski definition) is 0. The molecule has 0 fully saturated rings. The molecule has 0 heterocycles. The van der Waals surface area contributed by atoms with Crippen molar-refractivity contribution in [2.45, 2.75) is 412 Å². The van der Waals surface area contributed by atoms with Crippen molar-refractivity contribution in [2.24, 2.45) is 0 Å². The molecule has 0 aliphatic rings. The molecular formula is C77H142O6.